The Bertz CT molecular complexity index is 404. The van der Waals surface area contributed by atoms with Gasteiger partial charge in [0.1, 0.15) is 0 Å². The highest BCUT2D eigenvalue weighted by molar-refractivity contribution is 6.30. The van der Waals surface area contributed by atoms with Crippen LogP contribution in [-0.4, -0.2) is 11.1 Å². The molecule has 1 aliphatic heterocycles. The average molecular weight is 213 g/mol. The van der Waals surface area contributed by atoms with E-state index in [1.807, 2.05) is 0 Å². The first-order chi connectivity index (χ1) is 6.49. The Labute approximate surface area is 85.9 Å². The molecule has 0 aliphatic carbocycles. The highest BCUT2D eigenvalue weighted by atomic mass is 35.5. The summed E-state index contributed by atoms with van der Waals surface area (Å²) in [5, 5.41) is 15.4. The summed E-state index contributed by atoms with van der Waals surface area (Å²) in [7, 11) is 0. The summed E-state index contributed by atoms with van der Waals surface area (Å²) >= 11 is 5.79. The molecule has 0 radical (unpaired) electrons. The fourth-order valence-electron chi connectivity index (χ4n) is 1.47. The lowest BCUT2D eigenvalue weighted by Gasteiger charge is -2.32. The van der Waals surface area contributed by atoms with E-state index in [1.54, 1.807) is 18.2 Å². The highest BCUT2D eigenvalue weighted by Crippen LogP contribution is 2.31. The van der Waals surface area contributed by atoms with Crippen LogP contribution in [0.1, 0.15) is 12.5 Å². The zero-order valence-corrected chi connectivity index (χ0v) is 8.22. The van der Waals surface area contributed by atoms with Crippen molar-refractivity contribution in [2.45, 2.75) is 12.6 Å². The Kier molecular flexibility index (Phi) is 1.90. The summed E-state index contributed by atoms with van der Waals surface area (Å²) in [6, 6.07) is 4.50. The van der Waals surface area contributed by atoms with Crippen molar-refractivity contribution in [3.05, 3.63) is 28.8 Å². The van der Waals surface area contributed by atoms with Gasteiger partial charge in [-0.1, -0.05) is 11.6 Å². The van der Waals surface area contributed by atoms with Crippen LogP contribution in [0.15, 0.2) is 18.2 Å². The maximum Gasteiger partial charge on any atom is 0.321 e. The Morgan fingerprint density at radius 2 is 2.21 bits per heavy atom. The van der Waals surface area contributed by atoms with Crippen LogP contribution in [0.2, 0.25) is 5.02 Å². The minimum atomic E-state index is -1.37. The molecule has 2 amide bonds. The first-order valence-corrected chi connectivity index (χ1v) is 4.48. The van der Waals surface area contributed by atoms with Gasteiger partial charge in [-0.25, -0.2) is 4.79 Å². The van der Waals surface area contributed by atoms with Crippen LogP contribution in [-0.2, 0) is 5.72 Å². The van der Waals surface area contributed by atoms with Crippen molar-refractivity contribution in [2.24, 2.45) is 0 Å². The number of aliphatic hydroxyl groups is 1. The second-order valence-corrected chi connectivity index (χ2v) is 3.78. The molecular weight excluding hydrogens is 204 g/mol. The van der Waals surface area contributed by atoms with Crippen LogP contribution < -0.4 is 10.6 Å². The number of amides is 2. The molecule has 2 rings (SSSR count). The fraction of sp³-hybridized carbons (Fsp3) is 0.222. The second kappa shape index (κ2) is 2.87. The average Bonchev–Trinajstić information content (AvgIpc) is 2.05. The molecule has 0 spiro atoms. The normalized spacial score (nSPS) is 24.9. The second-order valence-electron chi connectivity index (χ2n) is 3.34. The maximum absolute atomic E-state index is 11.1. The number of fused-ring (bicyclic) bond motifs is 1. The number of hydrogen-bond donors (Lipinski definition) is 3. The van der Waals surface area contributed by atoms with Gasteiger partial charge in [-0.05, 0) is 25.1 Å². The number of carbonyl (C=O) groups is 1. The van der Waals surface area contributed by atoms with E-state index in [0.717, 1.165) is 0 Å². The van der Waals surface area contributed by atoms with Crippen molar-refractivity contribution in [1.82, 2.24) is 5.32 Å². The molecule has 1 unspecified atom stereocenters. The Balaban J connectivity index is 2.58. The van der Waals surface area contributed by atoms with Crippen molar-refractivity contribution in [2.75, 3.05) is 5.32 Å². The third-order valence-electron chi connectivity index (χ3n) is 2.11. The maximum atomic E-state index is 11.1. The van der Waals surface area contributed by atoms with Crippen LogP contribution in [0, 0.1) is 0 Å². The molecule has 14 heavy (non-hydrogen) atoms. The largest absolute Gasteiger partial charge is 0.367 e. The third kappa shape index (κ3) is 1.42. The van der Waals surface area contributed by atoms with Gasteiger partial charge in [-0.15, -0.1) is 0 Å². The van der Waals surface area contributed by atoms with E-state index in [-0.39, 0.29) is 0 Å². The molecule has 0 bridgehead atoms. The molecule has 5 heteroatoms. The van der Waals surface area contributed by atoms with Gasteiger partial charge in [-0.2, -0.15) is 0 Å². The van der Waals surface area contributed by atoms with E-state index in [2.05, 4.69) is 10.6 Å². The summed E-state index contributed by atoms with van der Waals surface area (Å²) in [4.78, 5) is 11.1. The third-order valence-corrected chi connectivity index (χ3v) is 2.35. The molecule has 1 atom stereocenters. The van der Waals surface area contributed by atoms with E-state index in [4.69, 9.17) is 11.6 Å². The van der Waals surface area contributed by atoms with Gasteiger partial charge in [0.2, 0.25) is 0 Å². The molecule has 1 aliphatic rings. The van der Waals surface area contributed by atoms with Crippen LogP contribution in [0.4, 0.5) is 10.5 Å². The van der Waals surface area contributed by atoms with Crippen molar-refractivity contribution in [1.29, 1.82) is 0 Å². The quantitative estimate of drug-likeness (QED) is 0.612. The van der Waals surface area contributed by atoms with Gasteiger partial charge >= 0.3 is 6.03 Å². The topological polar surface area (TPSA) is 61.4 Å². The molecule has 1 heterocycles. The smallest absolute Gasteiger partial charge is 0.321 e. The molecule has 1 aromatic rings. The lowest BCUT2D eigenvalue weighted by Crippen LogP contribution is -2.49. The summed E-state index contributed by atoms with van der Waals surface area (Å²) in [6.07, 6.45) is 0. The monoisotopic (exact) mass is 212 g/mol. The summed E-state index contributed by atoms with van der Waals surface area (Å²) in [5.41, 5.74) is -0.240. The minimum Gasteiger partial charge on any atom is -0.367 e. The summed E-state index contributed by atoms with van der Waals surface area (Å²) in [6.45, 7) is 1.50. The Morgan fingerprint density at radius 1 is 1.50 bits per heavy atom. The van der Waals surface area contributed by atoms with Crippen molar-refractivity contribution < 1.29 is 9.90 Å². The molecular formula is C9H9ClN2O2. The van der Waals surface area contributed by atoms with Crippen LogP contribution in [0.5, 0.6) is 0 Å². The molecule has 4 nitrogen and oxygen atoms in total. The lowest BCUT2D eigenvalue weighted by molar-refractivity contribution is 0.0319. The standard InChI is InChI=1S/C9H9ClN2O2/c1-9(14)6-4-5(10)2-3-7(6)11-8(13)12-9/h2-4,14H,1H3,(H2,11,12,13). The van der Waals surface area contributed by atoms with Crippen molar-refractivity contribution >= 4 is 23.3 Å². The van der Waals surface area contributed by atoms with Crippen molar-refractivity contribution in [3.63, 3.8) is 0 Å². The molecule has 1 aromatic carbocycles. The van der Waals surface area contributed by atoms with Gasteiger partial charge in [0, 0.05) is 10.6 Å². The first-order valence-electron chi connectivity index (χ1n) is 4.10. The van der Waals surface area contributed by atoms with Gasteiger partial charge < -0.3 is 15.7 Å². The van der Waals surface area contributed by atoms with Crippen LogP contribution >= 0.6 is 11.6 Å². The Hall–Kier alpha value is -1.26. The van der Waals surface area contributed by atoms with E-state index in [9.17, 15) is 9.90 Å². The van der Waals surface area contributed by atoms with E-state index in [1.165, 1.54) is 6.92 Å². The number of rotatable bonds is 0. The van der Waals surface area contributed by atoms with E-state index >= 15 is 0 Å². The number of halogens is 1. The SMILES string of the molecule is CC1(O)NC(=O)Nc2ccc(Cl)cc21. The molecule has 0 saturated carbocycles. The van der Waals surface area contributed by atoms with Gasteiger partial charge in [0.25, 0.3) is 0 Å². The summed E-state index contributed by atoms with van der Waals surface area (Å²) in [5.74, 6) is 0. The number of hydrogen-bond acceptors (Lipinski definition) is 2. The number of nitrogens with one attached hydrogen (secondary N) is 2. The molecule has 74 valence electrons. The fourth-order valence-corrected chi connectivity index (χ4v) is 1.64. The van der Waals surface area contributed by atoms with Crippen molar-refractivity contribution in [3.8, 4) is 0 Å². The molecule has 0 fully saturated rings. The zero-order valence-electron chi connectivity index (χ0n) is 7.47. The zero-order chi connectivity index (χ0) is 10.3. The predicted molar refractivity (Wildman–Crippen MR) is 53.2 cm³/mol. The molecule has 3 N–H and O–H groups in total. The van der Waals surface area contributed by atoms with Crippen LogP contribution in [0.3, 0.4) is 0 Å². The molecule has 0 saturated heterocycles. The van der Waals surface area contributed by atoms with Gasteiger partial charge in [0.15, 0.2) is 5.72 Å². The number of carbonyl (C=O) groups excluding carboxylic acids is 1. The molecule has 0 aromatic heterocycles. The Morgan fingerprint density at radius 3 is 2.93 bits per heavy atom. The van der Waals surface area contributed by atoms with Crippen LogP contribution in [0.25, 0.3) is 0 Å². The van der Waals surface area contributed by atoms with Gasteiger partial charge in [-0.3, -0.25) is 0 Å². The van der Waals surface area contributed by atoms with E-state index in [0.29, 0.717) is 16.3 Å². The number of urea groups is 1. The lowest BCUT2D eigenvalue weighted by atomic mass is 10.0. The predicted octanol–water partition coefficient (Wildman–Crippen LogP) is 1.64. The summed E-state index contributed by atoms with van der Waals surface area (Å²) < 4.78 is 0. The number of benzene rings is 1. The van der Waals surface area contributed by atoms with E-state index < -0.39 is 11.8 Å². The first kappa shape index (κ1) is 9.30. The minimum absolute atomic E-state index is 0.426. The van der Waals surface area contributed by atoms with Gasteiger partial charge in [0.05, 0.1) is 5.69 Å². The highest BCUT2D eigenvalue weighted by Gasteiger charge is 2.32. The number of anilines is 1.